The lowest BCUT2D eigenvalue weighted by Crippen LogP contribution is -2.34. The summed E-state index contributed by atoms with van der Waals surface area (Å²) in [5, 5.41) is 3.25. The average Bonchev–Trinajstić information content (AvgIpc) is 2.79. The van der Waals surface area contributed by atoms with Crippen molar-refractivity contribution in [2.75, 3.05) is 26.2 Å². The van der Waals surface area contributed by atoms with E-state index in [9.17, 15) is 0 Å². The van der Waals surface area contributed by atoms with Gasteiger partial charge < -0.3 is 20.5 Å². The highest BCUT2D eigenvalue weighted by Gasteiger charge is 2.43. The largest absolute Gasteiger partial charge is 0.347 e. The van der Waals surface area contributed by atoms with Gasteiger partial charge in [0.15, 0.2) is 5.79 Å². The van der Waals surface area contributed by atoms with Gasteiger partial charge in [0.2, 0.25) is 0 Å². The summed E-state index contributed by atoms with van der Waals surface area (Å²) >= 11 is 0. The summed E-state index contributed by atoms with van der Waals surface area (Å²) in [6, 6.07) is 0. The summed E-state index contributed by atoms with van der Waals surface area (Å²) in [7, 11) is 0. The van der Waals surface area contributed by atoms with Gasteiger partial charge in [-0.05, 0) is 12.8 Å². The van der Waals surface area contributed by atoms with E-state index in [0.29, 0.717) is 6.54 Å². The van der Waals surface area contributed by atoms with Gasteiger partial charge in [-0.3, -0.25) is 0 Å². The number of hydrogen-bond donors (Lipinski definition) is 2. The molecule has 1 aliphatic carbocycles. The third-order valence-electron chi connectivity index (χ3n) is 2.97. The molecule has 1 spiro atoms. The molecule has 3 N–H and O–H groups in total. The van der Waals surface area contributed by atoms with Crippen molar-refractivity contribution in [3.8, 4) is 0 Å². The SMILES string of the molecule is NCCNCC1COC2(CCCC2)O1. The van der Waals surface area contributed by atoms with Crippen molar-refractivity contribution in [3.63, 3.8) is 0 Å². The molecule has 2 aliphatic rings. The van der Waals surface area contributed by atoms with Crippen molar-refractivity contribution in [3.05, 3.63) is 0 Å². The Morgan fingerprint density at radius 3 is 2.86 bits per heavy atom. The van der Waals surface area contributed by atoms with E-state index in [4.69, 9.17) is 15.2 Å². The monoisotopic (exact) mass is 200 g/mol. The summed E-state index contributed by atoms with van der Waals surface area (Å²) in [4.78, 5) is 0. The van der Waals surface area contributed by atoms with Crippen LogP contribution in [0, 0.1) is 0 Å². The van der Waals surface area contributed by atoms with Gasteiger partial charge in [-0.2, -0.15) is 0 Å². The standard InChI is InChI=1S/C10H20N2O2/c11-5-6-12-7-9-8-13-10(14-9)3-1-2-4-10/h9,12H,1-8,11H2. The summed E-state index contributed by atoms with van der Waals surface area (Å²) in [6.07, 6.45) is 4.84. The second-order valence-electron chi connectivity index (χ2n) is 4.16. The Kier molecular flexibility index (Phi) is 3.38. The van der Waals surface area contributed by atoms with Gasteiger partial charge in [-0.25, -0.2) is 0 Å². The van der Waals surface area contributed by atoms with Crippen LogP contribution in [0.4, 0.5) is 0 Å². The third-order valence-corrected chi connectivity index (χ3v) is 2.97. The first kappa shape index (κ1) is 10.4. The fourth-order valence-corrected chi connectivity index (χ4v) is 2.26. The van der Waals surface area contributed by atoms with Crippen LogP contribution >= 0.6 is 0 Å². The van der Waals surface area contributed by atoms with Crippen molar-refractivity contribution in [2.45, 2.75) is 37.6 Å². The molecule has 0 aromatic heterocycles. The van der Waals surface area contributed by atoms with E-state index in [1.165, 1.54) is 12.8 Å². The molecule has 4 heteroatoms. The minimum absolute atomic E-state index is 0.213. The first-order valence-electron chi connectivity index (χ1n) is 5.57. The maximum atomic E-state index is 5.93. The predicted molar refractivity (Wildman–Crippen MR) is 53.9 cm³/mol. The van der Waals surface area contributed by atoms with Gasteiger partial charge in [0, 0.05) is 32.5 Å². The zero-order valence-corrected chi connectivity index (χ0v) is 8.63. The minimum Gasteiger partial charge on any atom is -0.347 e. The molecule has 14 heavy (non-hydrogen) atoms. The van der Waals surface area contributed by atoms with Crippen molar-refractivity contribution < 1.29 is 9.47 Å². The van der Waals surface area contributed by atoms with Crippen LogP contribution < -0.4 is 11.1 Å². The Hall–Kier alpha value is -0.160. The first-order valence-corrected chi connectivity index (χ1v) is 5.57. The van der Waals surface area contributed by atoms with Crippen LogP contribution in [-0.2, 0) is 9.47 Å². The summed E-state index contributed by atoms with van der Waals surface area (Å²) in [5.74, 6) is -0.213. The number of hydrogen-bond acceptors (Lipinski definition) is 4. The van der Waals surface area contributed by atoms with Crippen LogP contribution in [0.1, 0.15) is 25.7 Å². The van der Waals surface area contributed by atoms with Gasteiger partial charge in [0.05, 0.1) is 12.7 Å². The van der Waals surface area contributed by atoms with Crippen molar-refractivity contribution >= 4 is 0 Å². The van der Waals surface area contributed by atoms with E-state index in [-0.39, 0.29) is 11.9 Å². The van der Waals surface area contributed by atoms with Gasteiger partial charge >= 0.3 is 0 Å². The van der Waals surface area contributed by atoms with Crippen molar-refractivity contribution in [2.24, 2.45) is 5.73 Å². The quantitative estimate of drug-likeness (QED) is 0.637. The predicted octanol–water partition coefficient (Wildman–Crippen LogP) is 0.220. The molecular weight excluding hydrogens is 180 g/mol. The van der Waals surface area contributed by atoms with E-state index < -0.39 is 0 Å². The fourth-order valence-electron chi connectivity index (χ4n) is 2.26. The molecule has 0 amide bonds. The van der Waals surface area contributed by atoms with Crippen LogP contribution in [0.2, 0.25) is 0 Å². The normalized spacial score (nSPS) is 30.2. The fraction of sp³-hybridized carbons (Fsp3) is 1.00. The Morgan fingerprint density at radius 2 is 2.14 bits per heavy atom. The Morgan fingerprint density at radius 1 is 1.36 bits per heavy atom. The van der Waals surface area contributed by atoms with E-state index >= 15 is 0 Å². The van der Waals surface area contributed by atoms with Crippen LogP contribution in [-0.4, -0.2) is 38.1 Å². The molecule has 1 saturated heterocycles. The highest BCUT2D eigenvalue weighted by Crippen LogP contribution is 2.38. The lowest BCUT2D eigenvalue weighted by atomic mass is 10.2. The third kappa shape index (κ3) is 2.25. The second kappa shape index (κ2) is 4.57. The van der Waals surface area contributed by atoms with Crippen LogP contribution in [0.5, 0.6) is 0 Å². The lowest BCUT2D eigenvalue weighted by Gasteiger charge is -2.21. The minimum atomic E-state index is -0.213. The molecule has 0 aromatic rings. The maximum Gasteiger partial charge on any atom is 0.168 e. The van der Waals surface area contributed by atoms with Crippen LogP contribution in [0.15, 0.2) is 0 Å². The number of ether oxygens (including phenoxy) is 2. The van der Waals surface area contributed by atoms with E-state index in [2.05, 4.69) is 5.32 Å². The highest BCUT2D eigenvalue weighted by atomic mass is 16.7. The molecule has 0 bridgehead atoms. The van der Waals surface area contributed by atoms with E-state index in [0.717, 1.165) is 32.5 Å². The molecule has 82 valence electrons. The zero-order chi connectivity index (χ0) is 9.86. The van der Waals surface area contributed by atoms with E-state index in [1.54, 1.807) is 0 Å². The molecule has 1 unspecified atom stereocenters. The van der Waals surface area contributed by atoms with Gasteiger partial charge in [-0.15, -0.1) is 0 Å². The van der Waals surface area contributed by atoms with Gasteiger partial charge in [0.25, 0.3) is 0 Å². The highest BCUT2D eigenvalue weighted by molar-refractivity contribution is 4.84. The van der Waals surface area contributed by atoms with Crippen molar-refractivity contribution in [1.82, 2.24) is 5.32 Å². The number of rotatable bonds is 4. The van der Waals surface area contributed by atoms with Crippen LogP contribution in [0.25, 0.3) is 0 Å². The lowest BCUT2D eigenvalue weighted by molar-refractivity contribution is -0.161. The molecule has 1 atom stereocenters. The van der Waals surface area contributed by atoms with Crippen LogP contribution in [0.3, 0.4) is 0 Å². The zero-order valence-electron chi connectivity index (χ0n) is 8.63. The Labute approximate surface area is 85.1 Å². The summed E-state index contributed by atoms with van der Waals surface area (Å²) in [5.41, 5.74) is 5.39. The summed E-state index contributed by atoms with van der Waals surface area (Å²) < 4.78 is 11.7. The molecule has 2 fully saturated rings. The van der Waals surface area contributed by atoms with Gasteiger partial charge in [0.1, 0.15) is 0 Å². The Bertz CT molecular complexity index is 181. The van der Waals surface area contributed by atoms with Crippen molar-refractivity contribution in [1.29, 1.82) is 0 Å². The summed E-state index contributed by atoms with van der Waals surface area (Å²) in [6.45, 7) is 3.13. The Balaban J connectivity index is 1.71. The molecule has 2 rings (SSSR count). The molecular formula is C10H20N2O2. The maximum absolute atomic E-state index is 5.93. The number of nitrogens with two attached hydrogens (primary N) is 1. The molecule has 1 aliphatic heterocycles. The molecule has 4 nitrogen and oxygen atoms in total. The smallest absolute Gasteiger partial charge is 0.168 e. The molecule has 1 saturated carbocycles. The van der Waals surface area contributed by atoms with Gasteiger partial charge in [-0.1, -0.05) is 0 Å². The second-order valence-corrected chi connectivity index (χ2v) is 4.16. The molecule has 1 heterocycles. The molecule has 0 aromatic carbocycles. The first-order chi connectivity index (χ1) is 6.85. The number of nitrogens with one attached hydrogen (secondary N) is 1. The average molecular weight is 200 g/mol. The van der Waals surface area contributed by atoms with E-state index in [1.807, 2.05) is 0 Å². The topological polar surface area (TPSA) is 56.5 Å². The molecule has 0 radical (unpaired) electrons.